The monoisotopic (exact) mass is 219 g/mol. The van der Waals surface area contributed by atoms with Gasteiger partial charge in [-0.15, -0.1) is 0 Å². The van der Waals surface area contributed by atoms with Crippen LogP contribution in [-0.2, 0) is 0 Å². The van der Waals surface area contributed by atoms with Crippen LogP contribution >= 0.6 is 0 Å². The van der Waals surface area contributed by atoms with Crippen molar-refractivity contribution in [3.8, 4) is 5.75 Å². The first-order valence-electron chi connectivity index (χ1n) is 3.83. The molecule has 1 aromatic carbocycles. The number of carboxylic acids is 1. The van der Waals surface area contributed by atoms with Crippen LogP contribution in [0.5, 0.6) is 5.75 Å². The van der Waals surface area contributed by atoms with E-state index in [1.807, 2.05) is 0 Å². The Balaban J connectivity index is 0.00000196. The first kappa shape index (κ1) is 14.5. The number of aromatic carboxylic acids is 1. The number of carbonyl (C=O) groups is 1. The Morgan fingerprint density at radius 3 is 2.40 bits per heavy atom. The predicted octanol–water partition coefficient (Wildman–Crippen LogP) is -1.31. The van der Waals surface area contributed by atoms with Crippen LogP contribution in [0.25, 0.3) is 0 Å². The summed E-state index contributed by atoms with van der Waals surface area (Å²) in [5.41, 5.74) is 0.170. The molecule has 3 N–H and O–H groups in total. The fourth-order valence-corrected chi connectivity index (χ4v) is 1.06. The maximum absolute atomic E-state index is 10.6. The van der Waals surface area contributed by atoms with E-state index in [1.54, 1.807) is 0 Å². The predicted molar refractivity (Wildman–Crippen MR) is 55.5 cm³/mol. The summed E-state index contributed by atoms with van der Waals surface area (Å²) >= 11 is 0. The Labute approximate surface area is 109 Å². The second-order valence-corrected chi connectivity index (χ2v) is 2.64. The zero-order valence-electron chi connectivity index (χ0n) is 8.47. The number of methoxy groups -OCH3 is 1. The van der Waals surface area contributed by atoms with Gasteiger partial charge < -0.3 is 19.9 Å². The van der Waals surface area contributed by atoms with Crippen molar-refractivity contribution >= 4 is 48.1 Å². The standard InChI is InChI=1S/C8H9BO5.Na/c1-14-7-4-5(8(10)11)2-3-6(7)9(12)13;/h2-4,12-13H,1H3,(H,10,11);. The van der Waals surface area contributed by atoms with Gasteiger partial charge in [0.2, 0.25) is 0 Å². The van der Waals surface area contributed by atoms with Crippen molar-refractivity contribution < 1.29 is 24.7 Å². The van der Waals surface area contributed by atoms with Crippen molar-refractivity contribution in [3.63, 3.8) is 0 Å². The van der Waals surface area contributed by atoms with Crippen molar-refractivity contribution in [1.29, 1.82) is 0 Å². The van der Waals surface area contributed by atoms with E-state index in [-0.39, 0.29) is 46.3 Å². The van der Waals surface area contributed by atoms with E-state index in [0.29, 0.717) is 0 Å². The van der Waals surface area contributed by atoms with Crippen LogP contribution in [0.4, 0.5) is 0 Å². The molecule has 0 saturated heterocycles. The molecule has 0 amide bonds. The minimum Gasteiger partial charge on any atom is -0.497 e. The molecule has 0 atom stereocenters. The van der Waals surface area contributed by atoms with Gasteiger partial charge >= 0.3 is 13.1 Å². The molecule has 5 nitrogen and oxygen atoms in total. The van der Waals surface area contributed by atoms with Gasteiger partial charge in [-0.25, -0.2) is 4.79 Å². The second kappa shape index (κ2) is 6.14. The average molecular weight is 219 g/mol. The van der Waals surface area contributed by atoms with E-state index in [2.05, 4.69) is 0 Å². The van der Waals surface area contributed by atoms with Gasteiger partial charge in [-0.1, -0.05) is 6.07 Å². The molecule has 7 heteroatoms. The van der Waals surface area contributed by atoms with Crippen molar-refractivity contribution in [2.24, 2.45) is 0 Å². The molecular formula is C8H9BNaO5. The summed E-state index contributed by atoms with van der Waals surface area (Å²) in [4.78, 5) is 10.6. The Kier molecular flexibility index (Phi) is 5.93. The van der Waals surface area contributed by atoms with Gasteiger partial charge in [0.05, 0.1) is 12.7 Å². The molecule has 0 aromatic heterocycles. The smallest absolute Gasteiger partial charge is 0.492 e. The van der Waals surface area contributed by atoms with E-state index in [1.165, 1.54) is 25.3 Å². The topological polar surface area (TPSA) is 87.0 Å². The Hall–Kier alpha value is -0.525. The third kappa shape index (κ3) is 3.51. The summed E-state index contributed by atoms with van der Waals surface area (Å²) in [5.74, 6) is -0.956. The zero-order valence-corrected chi connectivity index (χ0v) is 10.5. The van der Waals surface area contributed by atoms with Crippen LogP contribution in [0.2, 0.25) is 0 Å². The zero-order chi connectivity index (χ0) is 10.7. The summed E-state index contributed by atoms with van der Waals surface area (Å²) in [6.45, 7) is 0. The van der Waals surface area contributed by atoms with Crippen LogP contribution in [0.15, 0.2) is 18.2 Å². The van der Waals surface area contributed by atoms with Crippen molar-refractivity contribution in [3.05, 3.63) is 23.8 Å². The number of hydrogen-bond acceptors (Lipinski definition) is 4. The Morgan fingerprint density at radius 1 is 1.40 bits per heavy atom. The molecule has 15 heavy (non-hydrogen) atoms. The van der Waals surface area contributed by atoms with Crippen molar-refractivity contribution in [2.45, 2.75) is 0 Å². The van der Waals surface area contributed by atoms with Crippen LogP contribution < -0.4 is 10.2 Å². The average Bonchev–Trinajstić information content (AvgIpc) is 2.16. The molecule has 0 aliphatic rings. The van der Waals surface area contributed by atoms with E-state index < -0.39 is 13.1 Å². The van der Waals surface area contributed by atoms with E-state index in [0.717, 1.165) is 0 Å². The van der Waals surface area contributed by atoms with Crippen LogP contribution in [-0.4, -0.2) is 64.9 Å². The molecule has 0 unspecified atom stereocenters. The fourth-order valence-electron chi connectivity index (χ4n) is 1.06. The molecule has 0 aliphatic heterocycles. The third-order valence-electron chi connectivity index (χ3n) is 1.76. The minimum atomic E-state index is -1.67. The summed E-state index contributed by atoms with van der Waals surface area (Å²) in [6.07, 6.45) is 0. The van der Waals surface area contributed by atoms with Gasteiger partial charge in [0.25, 0.3) is 0 Å². The first-order valence-corrected chi connectivity index (χ1v) is 3.83. The van der Waals surface area contributed by atoms with E-state index in [4.69, 9.17) is 19.9 Å². The first-order chi connectivity index (χ1) is 6.56. The van der Waals surface area contributed by atoms with Gasteiger partial charge in [-0.3, -0.25) is 0 Å². The number of benzene rings is 1. The van der Waals surface area contributed by atoms with Gasteiger partial charge in [0.1, 0.15) is 5.75 Å². The molecule has 75 valence electrons. The minimum absolute atomic E-state index is 0. The number of ether oxygens (including phenoxy) is 1. The Morgan fingerprint density at radius 2 is 2.00 bits per heavy atom. The Bertz CT molecular complexity index is 355. The molecular weight excluding hydrogens is 210 g/mol. The normalized spacial score (nSPS) is 9.00. The molecule has 0 bridgehead atoms. The summed E-state index contributed by atoms with van der Waals surface area (Å²) < 4.78 is 4.81. The van der Waals surface area contributed by atoms with E-state index in [9.17, 15) is 4.79 Å². The quantitative estimate of drug-likeness (QED) is 0.549. The molecule has 1 rings (SSSR count). The fraction of sp³-hybridized carbons (Fsp3) is 0.125. The SMILES string of the molecule is COc1cc(C(=O)O)ccc1B(O)O.[Na]. The number of carboxylic acid groups (broad SMARTS) is 1. The largest absolute Gasteiger partial charge is 0.497 e. The van der Waals surface area contributed by atoms with Crippen LogP contribution in [0.1, 0.15) is 10.4 Å². The summed E-state index contributed by atoms with van der Waals surface area (Å²) in [6, 6.07) is 3.81. The maximum atomic E-state index is 10.6. The second-order valence-electron chi connectivity index (χ2n) is 2.64. The van der Waals surface area contributed by atoms with Crippen molar-refractivity contribution in [1.82, 2.24) is 0 Å². The van der Waals surface area contributed by atoms with Gasteiger partial charge in [-0.05, 0) is 12.1 Å². The summed E-state index contributed by atoms with van der Waals surface area (Å²) in [5, 5.41) is 26.4. The summed E-state index contributed by atoms with van der Waals surface area (Å²) in [7, 11) is -0.347. The van der Waals surface area contributed by atoms with Crippen LogP contribution in [0, 0.1) is 0 Å². The van der Waals surface area contributed by atoms with E-state index >= 15 is 0 Å². The third-order valence-corrected chi connectivity index (χ3v) is 1.76. The van der Waals surface area contributed by atoms with Gasteiger partial charge in [-0.2, -0.15) is 0 Å². The maximum Gasteiger partial charge on any atom is 0.492 e. The van der Waals surface area contributed by atoms with Crippen LogP contribution in [0.3, 0.4) is 0 Å². The molecule has 0 aliphatic carbocycles. The number of rotatable bonds is 3. The van der Waals surface area contributed by atoms with Gasteiger partial charge in [0.15, 0.2) is 0 Å². The molecule has 0 heterocycles. The number of hydrogen-bond donors (Lipinski definition) is 3. The molecule has 0 fully saturated rings. The molecule has 0 saturated carbocycles. The molecule has 1 radical (unpaired) electrons. The van der Waals surface area contributed by atoms with Crippen molar-refractivity contribution in [2.75, 3.05) is 7.11 Å². The molecule has 1 aromatic rings. The molecule has 0 spiro atoms. The van der Waals surface area contributed by atoms with Gasteiger partial charge in [0, 0.05) is 35.0 Å².